The fourth-order valence-electron chi connectivity index (χ4n) is 1.96. The number of carbonyl (C=O) groups is 2. The minimum absolute atomic E-state index is 0.0872. The molecule has 1 aliphatic heterocycles. The van der Waals surface area contributed by atoms with E-state index >= 15 is 0 Å². The molecule has 102 valence electrons. The van der Waals surface area contributed by atoms with Gasteiger partial charge >= 0.3 is 5.97 Å². The molecular weight excluding hydrogens is 270 g/mol. The number of rotatable bonds is 1. The Bertz CT molecular complexity index is 675. The third kappa shape index (κ3) is 1.90. The summed E-state index contributed by atoms with van der Waals surface area (Å²) in [5.74, 6) is -0.662. The van der Waals surface area contributed by atoms with Crippen molar-refractivity contribution in [3.8, 4) is 0 Å². The molecule has 0 spiro atoms. The first kappa shape index (κ1) is 13.5. The summed E-state index contributed by atoms with van der Waals surface area (Å²) in [4.78, 5) is 23.4. The first-order valence-electron chi connectivity index (χ1n) is 5.51. The van der Waals surface area contributed by atoms with Crippen molar-refractivity contribution in [2.75, 3.05) is 12.4 Å². The Balaban J connectivity index is 2.78. The van der Waals surface area contributed by atoms with Gasteiger partial charge in [0.15, 0.2) is 0 Å². The van der Waals surface area contributed by atoms with Gasteiger partial charge in [0.2, 0.25) is 9.84 Å². The number of sulfone groups is 1. The number of hydrogen-bond donors (Lipinski definition) is 1. The molecule has 1 aromatic rings. The Morgan fingerprint density at radius 1 is 1.32 bits per heavy atom. The van der Waals surface area contributed by atoms with E-state index in [-0.39, 0.29) is 16.1 Å². The molecule has 7 heteroatoms. The van der Waals surface area contributed by atoms with Crippen LogP contribution < -0.4 is 5.32 Å². The third-order valence-corrected chi connectivity index (χ3v) is 4.83. The van der Waals surface area contributed by atoms with Gasteiger partial charge in [0.1, 0.15) is 5.54 Å². The van der Waals surface area contributed by atoms with Crippen molar-refractivity contribution in [3.63, 3.8) is 0 Å². The van der Waals surface area contributed by atoms with Gasteiger partial charge in [-0.05, 0) is 26.0 Å². The van der Waals surface area contributed by atoms with Gasteiger partial charge in [0.25, 0.3) is 5.12 Å². The highest BCUT2D eigenvalue weighted by Crippen LogP contribution is 2.36. The Morgan fingerprint density at radius 3 is 2.53 bits per heavy atom. The molecule has 1 aliphatic rings. The van der Waals surface area contributed by atoms with Gasteiger partial charge in [-0.25, -0.2) is 13.2 Å². The summed E-state index contributed by atoms with van der Waals surface area (Å²) in [5.41, 5.74) is -1.10. The van der Waals surface area contributed by atoms with Crippen molar-refractivity contribution in [2.45, 2.75) is 24.3 Å². The van der Waals surface area contributed by atoms with Crippen LogP contribution in [0.25, 0.3) is 0 Å². The largest absolute Gasteiger partial charge is 0.465 e. The maximum absolute atomic E-state index is 12.1. The first-order valence-corrected chi connectivity index (χ1v) is 6.99. The van der Waals surface area contributed by atoms with Crippen LogP contribution in [0.4, 0.5) is 5.69 Å². The number of esters is 1. The van der Waals surface area contributed by atoms with Crippen LogP contribution in [0, 0.1) is 0 Å². The number of benzene rings is 1. The lowest BCUT2D eigenvalue weighted by Gasteiger charge is -2.32. The molecule has 0 atom stereocenters. The van der Waals surface area contributed by atoms with Crippen LogP contribution in [0.5, 0.6) is 0 Å². The highest BCUT2D eigenvalue weighted by molar-refractivity contribution is 8.06. The van der Waals surface area contributed by atoms with Crippen LogP contribution in [-0.2, 0) is 19.4 Å². The molecule has 0 amide bonds. The zero-order chi connectivity index (χ0) is 14.4. The standard InChI is InChI=1S/C12H13NO5S/c1-12(2)11(15)19(16,17)8-6-4-5-7(9(8)13-12)10(14)18-3/h4-6,13H,1-3H3. The van der Waals surface area contributed by atoms with E-state index in [1.54, 1.807) is 0 Å². The van der Waals surface area contributed by atoms with Crippen LogP contribution in [0.2, 0.25) is 0 Å². The lowest BCUT2D eigenvalue weighted by atomic mass is 10.0. The van der Waals surface area contributed by atoms with Crippen LogP contribution in [-0.4, -0.2) is 32.2 Å². The molecule has 19 heavy (non-hydrogen) atoms. The normalized spacial score (nSPS) is 19.2. The van der Waals surface area contributed by atoms with E-state index < -0.39 is 26.5 Å². The smallest absolute Gasteiger partial charge is 0.340 e. The fraction of sp³-hybridized carbons (Fsp3) is 0.333. The van der Waals surface area contributed by atoms with Crippen LogP contribution in [0.1, 0.15) is 24.2 Å². The quantitative estimate of drug-likeness (QED) is 0.773. The van der Waals surface area contributed by atoms with E-state index in [9.17, 15) is 18.0 Å². The Kier molecular flexibility index (Phi) is 2.89. The van der Waals surface area contributed by atoms with Crippen LogP contribution >= 0.6 is 0 Å². The summed E-state index contributed by atoms with van der Waals surface area (Å²) in [6.07, 6.45) is 0. The second-order valence-electron chi connectivity index (χ2n) is 4.71. The first-order chi connectivity index (χ1) is 8.71. The summed E-state index contributed by atoms with van der Waals surface area (Å²) in [6, 6.07) is 4.13. The molecule has 0 saturated carbocycles. The van der Waals surface area contributed by atoms with Gasteiger partial charge in [-0.15, -0.1) is 0 Å². The van der Waals surface area contributed by atoms with E-state index in [4.69, 9.17) is 0 Å². The van der Waals surface area contributed by atoms with Gasteiger partial charge in [-0.3, -0.25) is 4.79 Å². The van der Waals surface area contributed by atoms with Gasteiger partial charge in [0.05, 0.1) is 23.3 Å². The molecule has 0 radical (unpaired) electrons. The summed E-state index contributed by atoms with van der Waals surface area (Å²) in [6.45, 7) is 2.90. The van der Waals surface area contributed by atoms with Crippen LogP contribution in [0.15, 0.2) is 23.1 Å². The van der Waals surface area contributed by atoms with Crippen molar-refractivity contribution >= 4 is 26.6 Å². The number of nitrogens with one attached hydrogen (secondary N) is 1. The molecule has 1 heterocycles. The predicted molar refractivity (Wildman–Crippen MR) is 67.7 cm³/mol. The summed E-state index contributed by atoms with van der Waals surface area (Å²) in [5, 5.41) is 1.87. The number of ether oxygens (including phenoxy) is 1. The number of anilines is 1. The van der Waals surface area contributed by atoms with Gasteiger partial charge < -0.3 is 10.1 Å². The number of hydrogen-bond acceptors (Lipinski definition) is 6. The highest BCUT2D eigenvalue weighted by atomic mass is 32.2. The van der Waals surface area contributed by atoms with Crippen LogP contribution in [0.3, 0.4) is 0 Å². The lowest BCUT2D eigenvalue weighted by molar-refractivity contribution is -0.114. The minimum atomic E-state index is -4.10. The number of carbonyl (C=O) groups excluding carboxylic acids is 2. The molecular formula is C12H13NO5S. The van der Waals surface area contributed by atoms with Crippen molar-refractivity contribution < 1.29 is 22.7 Å². The zero-order valence-corrected chi connectivity index (χ0v) is 11.5. The predicted octanol–water partition coefficient (Wildman–Crippen LogP) is 0.978. The van der Waals surface area contributed by atoms with E-state index in [0.29, 0.717) is 0 Å². The molecule has 0 fully saturated rings. The third-order valence-electron chi connectivity index (χ3n) is 2.91. The number of methoxy groups -OCH3 is 1. The second kappa shape index (κ2) is 4.06. The zero-order valence-electron chi connectivity index (χ0n) is 10.7. The maximum atomic E-state index is 12.1. The molecule has 0 aliphatic carbocycles. The molecule has 0 bridgehead atoms. The molecule has 0 aromatic heterocycles. The molecule has 2 rings (SSSR count). The average Bonchev–Trinajstić information content (AvgIpc) is 2.35. The average molecular weight is 283 g/mol. The van der Waals surface area contributed by atoms with E-state index in [0.717, 1.165) is 0 Å². The van der Waals surface area contributed by atoms with Crippen molar-refractivity contribution in [1.82, 2.24) is 0 Å². The molecule has 0 unspecified atom stereocenters. The summed E-state index contributed by atoms with van der Waals surface area (Å²) in [7, 11) is -2.90. The fourth-order valence-corrected chi connectivity index (χ4v) is 3.57. The van der Waals surface area contributed by atoms with Crippen molar-refractivity contribution in [1.29, 1.82) is 0 Å². The van der Waals surface area contributed by atoms with Gasteiger partial charge in [-0.2, -0.15) is 0 Å². The number of fused-ring (bicyclic) bond motifs is 1. The van der Waals surface area contributed by atoms with Gasteiger partial charge in [-0.1, -0.05) is 6.07 Å². The van der Waals surface area contributed by atoms with E-state index in [1.807, 2.05) is 0 Å². The summed E-state index contributed by atoms with van der Waals surface area (Å²) < 4.78 is 28.9. The molecule has 1 N–H and O–H groups in total. The Labute approximate surface area is 110 Å². The SMILES string of the molecule is COC(=O)c1cccc2c1NC(C)(C)C(=O)S2(=O)=O. The van der Waals surface area contributed by atoms with Gasteiger partial charge in [0, 0.05) is 0 Å². The monoisotopic (exact) mass is 283 g/mol. The summed E-state index contributed by atoms with van der Waals surface area (Å²) >= 11 is 0. The molecule has 6 nitrogen and oxygen atoms in total. The Morgan fingerprint density at radius 2 is 1.95 bits per heavy atom. The van der Waals surface area contributed by atoms with E-state index in [1.165, 1.54) is 39.2 Å². The van der Waals surface area contributed by atoms with Crippen molar-refractivity contribution in [2.24, 2.45) is 0 Å². The molecule has 1 aromatic carbocycles. The minimum Gasteiger partial charge on any atom is -0.465 e. The second-order valence-corrected chi connectivity index (χ2v) is 6.53. The topological polar surface area (TPSA) is 89.5 Å². The lowest BCUT2D eigenvalue weighted by Crippen LogP contribution is -2.48. The Hall–Kier alpha value is -1.89. The highest BCUT2D eigenvalue weighted by Gasteiger charge is 2.45. The van der Waals surface area contributed by atoms with Crippen molar-refractivity contribution in [3.05, 3.63) is 23.8 Å². The maximum Gasteiger partial charge on any atom is 0.340 e. The number of para-hydroxylation sites is 1. The molecule has 0 saturated heterocycles. The van der Waals surface area contributed by atoms with E-state index in [2.05, 4.69) is 10.1 Å².